The van der Waals surface area contributed by atoms with Crippen molar-refractivity contribution in [3.8, 4) is 0 Å². The maximum atomic E-state index is 12.4. The third-order valence-corrected chi connectivity index (χ3v) is 6.75. The van der Waals surface area contributed by atoms with Crippen LogP contribution in [0.5, 0.6) is 0 Å². The third-order valence-electron chi connectivity index (χ3n) is 3.43. The van der Waals surface area contributed by atoms with E-state index in [-0.39, 0.29) is 11.8 Å². The summed E-state index contributed by atoms with van der Waals surface area (Å²) in [6, 6.07) is 7.15. The van der Waals surface area contributed by atoms with Gasteiger partial charge in [0.05, 0.1) is 35.3 Å². The molecule has 4 nitrogen and oxygen atoms in total. The van der Waals surface area contributed by atoms with Crippen LogP contribution in [0.3, 0.4) is 0 Å². The fourth-order valence-corrected chi connectivity index (χ4v) is 5.41. The fourth-order valence-electron chi connectivity index (χ4n) is 2.54. The number of nitrogens with one attached hydrogen (secondary N) is 1. The summed E-state index contributed by atoms with van der Waals surface area (Å²) in [5.74, 6) is -0.568. The molecule has 0 spiro atoms. The highest BCUT2D eigenvalue weighted by Gasteiger charge is 2.44. The minimum absolute atomic E-state index is 0.237. The van der Waals surface area contributed by atoms with Crippen molar-refractivity contribution in [1.29, 1.82) is 0 Å². The second-order valence-electron chi connectivity index (χ2n) is 4.71. The summed E-state index contributed by atoms with van der Waals surface area (Å²) in [5, 5.41) is 2.89. The molecule has 4 heterocycles. The average molecular weight is 458 g/mol. The average Bonchev–Trinajstić information content (AvgIpc) is 3.19. The van der Waals surface area contributed by atoms with Crippen LogP contribution in [0.1, 0.15) is 15.8 Å². The normalized spacial score (nSPS) is 20.5. The van der Waals surface area contributed by atoms with Crippen molar-refractivity contribution in [2.45, 2.75) is 6.04 Å². The summed E-state index contributed by atoms with van der Waals surface area (Å²) >= 11 is 9.75. The van der Waals surface area contributed by atoms with Gasteiger partial charge in [0.2, 0.25) is 0 Å². The van der Waals surface area contributed by atoms with E-state index in [0.717, 1.165) is 17.3 Å². The highest BCUT2D eigenvalue weighted by Crippen LogP contribution is 2.41. The van der Waals surface area contributed by atoms with Crippen LogP contribution in [0.15, 0.2) is 48.0 Å². The number of aliphatic imine (C=N–C) groups is 1. The van der Waals surface area contributed by atoms with Gasteiger partial charge in [0, 0.05) is 4.88 Å². The van der Waals surface area contributed by atoms with Crippen LogP contribution < -0.4 is 5.32 Å². The highest BCUT2D eigenvalue weighted by atomic mass is 79.9. The molecule has 2 aromatic rings. The Balaban J connectivity index is 1.82. The van der Waals surface area contributed by atoms with Crippen molar-refractivity contribution in [2.75, 3.05) is 0 Å². The van der Waals surface area contributed by atoms with E-state index in [1.54, 1.807) is 0 Å². The van der Waals surface area contributed by atoms with Crippen LogP contribution in [0, 0.1) is 0 Å². The number of carbonyl (C=O) groups is 2. The fraction of sp³-hybridized carbons (Fsp3) is 0.0714. The Morgan fingerprint density at radius 1 is 1.05 bits per heavy atom. The van der Waals surface area contributed by atoms with Gasteiger partial charge in [-0.3, -0.25) is 9.59 Å². The molecule has 0 saturated carbocycles. The zero-order valence-electron chi connectivity index (χ0n) is 10.7. The molecule has 2 aliphatic heterocycles. The number of halogens is 2. The summed E-state index contributed by atoms with van der Waals surface area (Å²) < 4.78 is 1.89. The molecule has 4 rings (SSSR count). The quantitative estimate of drug-likeness (QED) is 0.744. The van der Waals surface area contributed by atoms with Crippen molar-refractivity contribution in [3.63, 3.8) is 0 Å². The summed E-state index contributed by atoms with van der Waals surface area (Å²) in [6.45, 7) is 0. The lowest BCUT2D eigenvalue weighted by molar-refractivity contribution is -0.116. The first-order valence-electron chi connectivity index (χ1n) is 6.24. The first-order valence-corrected chi connectivity index (χ1v) is 9.46. The molecular weight excluding hydrogens is 452 g/mol. The molecule has 2 aliphatic rings. The summed E-state index contributed by atoms with van der Waals surface area (Å²) in [5.41, 5.74) is 1.35. The molecule has 8 heteroatoms. The molecule has 110 valence electrons. The highest BCUT2D eigenvalue weighted by molar-refractivity contribution is 9.11. The molecule has 2 amide bonds. The Hall–Kier alpha value is -1.09. The van der Waals surface area contributed by atoms with Crippen molar-refractivity contribution in [2.24, 2.45) is 4.99 Å². The molecule has 1 unspecified atom stereocenters. The Morgan fingerprint density at radius 2 is 1.77 bits per heavy atom. The summed E-state index contributed by atoms with van der Waals surface area (Å²) in [6.07, 6.45) is 0. The molecule has 2 aromatic heterocycles. The number of amides is 2. The van der Waals surface area contributed by atoms with Gasteiger partial charge >= 0.3 is 0 Å². The van der Waals surface area contributed by atoms with Crippen LogP contribution in [0.25, 0.3) is 0 Å². The molecule has 22 heavy (non-hydrogen) atoms. The number of carbonyl (C=O) groups excluding carboxylic acids is 2. The van der Waals surface area contributed by atoms with Gasteiger partial charge < -0.3 is 5.32 Å². The zero-order chi connectivity index (χ0) is 15.4. The largest absolute Gasteiger partial charge is 0.340 e. The first-order chi connectivity index (χ1) is 10.5. The number of hydrogen-bond donors (Lipinski definition) is 1. The molecule has 1 atom stereocenters. The number of hydrogen-bond acceptors (Lipinski definition) is 4. The number of thiophene rings is 2. The summed E-state index contributed by atoms with van der Waals surface area (Å²) in [7, 11) is 0. The molecular formula is C14H6Br2N2O2S2. The van der Waals surface area contributed by atoms with Gasteiger partial charge in [0.25, 0.3) is 11.8 Å². The van der Waals surface area contributed by atoms with E-state index in [9.17, 15) is 9.59 Å². The Morgan fingerprint density at radius 3 is 2.41 bits per heavy atom. The van der Waals surface area contributed by atoms with Gasteiger partial charge in [-0.25, -0.2) is 4.99 Å². The van der Waals surface area contributed by atoms with Crippen molar-refractivity contribution in [1.82, 2.24) is 5.32 Å². The van der Waals surface area contributed by atoms with Crippen LogP contribution >= 0.6 is 54.5 Å². The van der Waals surface area contributed by atoms with E-state index < -0.39 is 6.04 Å². The predicted octanol–water partition coefficient (Wildman–Crippen LogP) is 3.83. The monoisotopic (exact) mass is 456 g/mol. The topological polar surface area (TPSA) is 58.5 Å². The van der Waals surface area contributed by atoms with Crippen LogP contribution in [0.4, 0.5) is 0 Å². The molecule has 0 saturated heterocycles. The molecule has 0 fully saturated rings. The first kappa shape index (κ1) is 14.5. The molecule has 0 radical (unpaired) electrons. The van der Waals surface area contributed by atoms with Gasteiger partial charge in [0.1, 0.15) is 0 Å². The van der Waals surface area contributed by atoms with Gasteiger partial charge in [-0.1, -0.05) is 0 Å². The lowest BCUT2D eigenvalue weighted by Gasteiger charge is -2.10. The standard InChI is InChI=1S/C14H6Br2N2O2S2/c15-7-3-1-5(21-7)11-9-10(14(20)17-11)12(18-13(9)19)6-2-4-8(16)22-6/h1-4,11H,(H,17,20). The minimum atomic E-state index is -0.407. The Kier molecular flexibility index (Phi) is 3.44. The predicted molar refractivity (Wildman–Crippen MR) is 93.5 cm³/mol. The Labute approximate surface area is 150 Å². The second-order valence-corrected chi connectivity index (χ2v) is 9.66. The Bertz CT molecular complexity index is 894. The number of nitrogens with zero attached hydrogens (tertiary/aromatic N) is 1. The molecule has 1 N–H and O–H groups in total. The van der Waals surface area contributed by atoms with Crippen molar-refractivity contribution < 1.29 is 9.59 Å². The van der Waals surface area contributed by atoms with E-state index in [0.29, 0.717) is 16.9 Å². The SMILES string of the molecule is O=C1N=C(c2ccc(Br)s2)C2=C1C(c1ccc(Br)s1)NC2=O. The van der Waals surface area contributed by atoms with Gasteiger partial charge in [0.15, 0.2) is 0 Å². The van der Waals surface area contributed by atoms with Crippen molar-refractivity contribution in [3.05, 3.63) is 52.7 Å². The number of rotatable bonds is 2. The minimum Gasteiger partial charge on any atom is -0.340 e. The molecule has 0 bridgehead atoms. The van der Waals surface area contributed by atoms with Gasteiger partial charge in [-0.15, -0.1) is 22.7 Å². The summed E-state index contributed by atoms with van der Waals surface area (Å²) in [4.78, 5) is 30.5. The second kappa shape index (κ2) is 5.23. The van der Waals surface area contributed by atoms with Gasteiger partial charge in [-0.2, -0.15) is 0 Å². The van der Waals surface area contributed by atoms with Crippen LogP contribution in [-0.2, 0) is 9.59 Å². The van der Waals surface area contributed by atoms with Gasteiger partial charge in [-0.05, 0) is 56.1 Å². The van der Waals surface area contributed by atoms with E-state index in [1.807, 2.05) is 24.3 Å². The van der Waals surface area contributed by atoms with E-state index >= 15 is 0 Å². The maximum Gasteiger partial charge on any atom is 0.276 e. The lowest BCUT2D eigenvalue weighted by atomic mass is 10.0. The lowest BCUT2D eigenvalue weighted by Crippen LogP contribution is -2.25. The van der Waals surface area contributed by atoms with Crippen molar-refractivity contribution >= 4 is 72.1 Å². The smallest absolute Gasteiger partial charge is 0.276 e. The maximum absolute atomic E-state index is 12.4. The molecule has 0 aliphatic carbocycles. The zero-order valence-corrected chi connectivity index (χ0v) is 15.5. The van der Waals surface area contributed by atoms with Crippen LogP contribution in [-0.4, -0.2) is 17.5 Å². The van der Waals surface area contributed by atoms with E-state index in [1.165, 1.54) is 22.7 Å². The van der Waals surface area contributed by atoms with Crippen LogP contribution in [0.2, 0.25) is 0 Å². The third kappa shape index (κ3) is 2.17. The van der Waals surface area contributed by atoms with E-state index in [2.05, 4.69) is 42.2 Å². The van der Waals surface area contributed by atoms with E-state index in [4.69, 9.17) is 0 Å². The molecule has 0 aromatic carbocycles.